The normalized spacial score (nSPS) is 10.1. The number of carboxylic acid groups (broad SMARTS) is 1. The van der Waals surface area contributed by atoms with Crippen molar-refractivity contribution in [3.8, 4) is 5.75 Å². The van der Waals surface area contributed by atoms with Crippen LogP contribution in [0.3, 0.4) is 0 Å². The lowest BCUT2D eigenvalue weighted by Crippen LogP contribution is -2.20. The minimum absolute atomic E-state index is 0.105. The molecule has 1 amide bonds. The molecule has 0 aliphatic carbocycles. The second-order valence-electron chi connectivity index (χ2n) is 4.12. The van der Waals surface area contributed by atoms with Crippen LogP contribution in [-0.4, -0.2) is 23.6 Å². The Morgan fingerprint density at radius 3 is 2.60 bits per heavy atom. The number of carboxylic acids is 1. The van der Waals surface area contributed by atoms with Crippen LogP contribution >= 0.6 is 11.3 Å². The van der Waals surface area contributed by atoms with Gasteiger partial charge < -0.3 is 15.2 Å². The highest BCUT2D eigenvalue weighted by atomic mass is 32.1. The molecule has 0 aliphatic heterocycles. The van der Waals surface area contributed by atoms with Gasteiger partial charge in [0.1, 0.15) is 10.6 Å². The summed E-state index contributed by atoms with van der Waals surface area (Å²) in [6.07, 6.45) is 0. The van der Waals surface area contributed by atoms with Crippen molar-refractivity contribution in [2.45, 2.75) is 6.92 Å². The van der Waals surface area contributed by atoms with Crippen molar-refractivity contribution in [3.63, 3.8) is 0 Å². The molecule has 20 heavy (non-hydrogen) atoms. The van der Waals surface area contributed by atoms with Crippen molar-refractivity contribution in [2.24, 2.45) is 0 Å². The molecule has 2 aromatic rings. The van der Waals surface area contributed by atoms with Crippen LogP contribution in [0, 0.1) is 6.92 Å². The van der Waals surface area contributed by atoms with Crippen molar-refractivity contribution in [3.05, 3.63) is 46.2 Å². The van der Waals surface area contributed by atoms with Crippen LogP contribution in [-0.2, 0) is 4.79 Å². The van der Waals surface area contributed by atoms with Crippen molar-refractivity contribution in [1.29, 1.82) is 0 Å². The Morgan fingerprint density at radius 1 is 1.25 bits per heavy atom. The number of hydrogen-bond donors (Lipinski definition) is 2. The van der Waals surface area contributed by atoms with E-state index in [1.54, 1.807) is 23.6 Å². The topological polar surface area (TPSA) is 75.6 Å². The van der Waals surface area contributed by atoms with E-state index in [0.717, 1.165) is 16.9 Å². The van der Waals surface area contributed by atoms with Gasteiger partial charge in [0, 0.05) is 0 Å². The Morgan fingerprint density at radius 2 is 1.95 bits per heavy atom. The van der Waals surface area contributed by atoms with E-state index in [9.17, 15) is 9.59 Å². The lowest BCUT2D eigenvalue weighted by Gasteiger charge is -2.07. The summed E-state index contributed by atoms with van der Waals surface area (Å²) in [5.74, 6) is -0.865. The molecular weight excluding hydrogens is 278 g/mol. The fourth-order valence-corrected chi connectivity index (χ4v) is 2.23. The SMILES string of the molecule is Cc1ccc(OCC(=O)Nc2ccsc2C(=O)O)cc1. The number of benzene rings is 1. The van der Waals surface area contributed by atoms with Crippen LogP contribution in [0.25, 0.3) is 0 Å². The first-order valence-corrected chi connectivity index (χ1v) is 6.74. The maximum absolute atomic E-state index is 11.7. The highest BCUT2D eigenvalue weighted by Crippen LogP contribution is 2.22. The van der Waals surface area contributed by atoms with E-state index in [2.05, 4.69) is 5.32 Å². The predicted octanol–water partition coefficient (Wildman–Crippen LogP) is 2.77. The van der Waals surface area contributed by atoms with Gasteiger partial charge in [-0.25, -0.2) is 4.79 Å². The maximum Gasteiger partial charge on any atom is 0.348 e. The molecule has 0 atom stereocenters. The highest BCUT2D eigenvalue weighted by molar-refractivity contribution is 7.12. The summed E-state index contributed by atoms with van der Waals surface area (Å²) < 4.78 is 5.32. The zero-order valence-electron chi connectivity index (χ0n) is 10.8. The molecule has 104 valence electrons. The van der Waals surface area contributed by atoms with Crippen LogP contribution in [0.1, 0.15) is 15.2 Å². The minimum Gasteiger partial charge on any atom is -0.484 e. The number of thiophene rings is 1. The van der Waals surface area contributed by atoms with Gasteiger partial charge >= 0.3 is 5.97 Å². The molecule has 2 rings (SSSR count). The summed E-state index contributed by atoms with van der Waals surface area (Å²) >= 11 is 1.06. The van der Waals surface area contributed by atoms with Gasteiger partial charge in [0.15, 0.2) is 6.61 Å². The minimum atomic E-state index is -1.06. The van der Waals surface area contributed by atoms with Gasteiger partial charge in [0.2, 0.25) is 0 Å². The molecule has 2 N–H and O–H groups in total. The van der Waals surface area contributed by atoms with Gasteiger partial charge in [-0.3, -0.25) is 4.79 Å². The van der Waals surface area contributed by atoms with E-state index in [1.807, 2.05) is 19.1 Å². The summed E-state index contributed by atoms with van der Waals surface area (Å²) in [6.45, 7) is 1.79. The molecular formula is C14H13NO4S. The average molecular weight is 291 g/mol. The molecule has 5 nitrogen and oxygen atoms in total. The lowest BCUT2D eigenvalue weighted by atomic mass is 10.2. The summed E-state index contributed by atoms with van der Waals surface area (Å²) in [6, 6.07) is 8.87. The molecule has 0 unspecified atom stereocenters. The number of amides is 1. The number of anilines is 1. The van der Waals surface area contributed by atoms with E-state index in [-0.39, 0.29) is 11.5 Å². The van der Waals surface area contributed by atoms with Gasteiger partial charge in [-0.1, -0.05) is 17.7 Å². The van der Waals surface area contributed by atoms with E-state index < -0.39 is 11.9 Å². The third kappa shape index (κ3) is 3.58. The van der Waals surface area contributed by atoms with Crippen LogP contribution in [0.4, 0.5) is 5.69 Å². The largest absolute Gasteiger partial charge is 0.484 e. The quantitative estimate of drug-likeness (QED) is 0.888. The Hall–Kier alpha value is -2.34. The molecule has 0 bridgehead atoms. The van der Waals surface area contributed by atoms with Crippen LogP contribution in [0.5, 0.6) is 5.75 Å². The molecule has 1 aromatic carbocycles. The molecule has 1 aromatic heterocycles. The number of aromatic carboxylic acids is 1. The standard InChI is InChI=1S/C14H13NO4S/c1-9-2-4-10(5-3-9)19-8-12(16)15-11-6-7-20-13(11)14(17)18/h2-7H,8H2,1H3,(H,15,16)(H,17,18). The first kappa shape index (κ1) is 14.1. The smallest absolute Gasteiger partial charge is 0.348 e. The van der Waals surface area contributed by atoms with Gasteiger partial charge in [0.25, 0.3) is 5.91 Å². The number of carbonyl (C=O) groups excluding carboxylic acids is 1. The summed E-state index contributed by atoms with van der Waals surface area (Å²) in [7, 11) is 0. The van der Waals surface area contributed by atoms with Gasteiger partial charge in [-0.15, -0.1) is 11.3 Å². The van der Waals surface area contributed by atoms with Crippen LogP contribution in [0.2, 0.25) is 0 Å². The highest BCUT2D eigenvalue weighted by Gasteiger charge is 2.14. The van der Waals surface area contributed by atoms with Crippen molar-refractivity contribution < 1.29 is 19.4 Å². The number of rotatable bonds is 5. The number of hydrogen-bond acceptors (Lipinski definition) is 4. The predicted molar refractivity (Wildman–Crippen MR) is 76.6 cm³/mol. The molecule has 0 radical (unpaired) electrons. The molecule has 6 heteroatoms. The third-order valence-electron chi connectivity index (χ3n) is 2.52. The summed E-state index contributed by atoms with van der Waals surface area (Å²) in [5.41, 5.74) is 1.39. The molecule has 0 saturated carbocycles. The monoisotopic (exact) mass is 291 g/mol. The Bertz CT molecular complexity index is 618. The second-order valence-corrected chi connectivity index (χ2v) is 5.03. The molecule has 0 saturated heterocycles. The number of carbonyl (C=O) groups is 2. The van der Waals surface area contributed by atoms with E-state index in [0.29, 0.717) is 11.4 Å². The lowest BCUT2D eigenvalue weighted by molar-refractivity contribution is -0.118. The zero-order valence-corrected chi connectivity index (χ0v) is 11.6. The number of ether oxygens (including phenoxy) is 1. The Labute approximate surface area is 119 Å². The number of nitrogens with one attached hydrogen (secondary N) is 1. The molecule has 0 fully saturated rings. The molecule has 0 spiro atoms. The first-order chi connectivity index (χ1) is 9.56. The van der Waals surface area contributed by atoms with Gasteiger partial charge in [-0.2, -0.15) is 0 Å². The zero-order chi connectivity index (χ0) is 14.5. The summed E-state index contributed by atoms with van der Waals surface area (Å²) in [5, 5.41) is 13.1. The maximum atomic E-state index is 11.7. The second kappa shape index (κ2) is 6.21. The fraction of sp³-hybridized carbons (Fsp3) is 0.143. The third-order valence-corrected chi connectivity index (χ3v) is 3.43. The van der Waals surface area contributed by atoms with Crippen molar-refractivity contribution >= 4 is 28.9 Å². The van der Waals surface area contributed by atoms with Crippen LogP contribution in [0.15, 0.2) is 35.7 Å². The summed E-state index contributed by atoms with van der Waals surface area (Å²) in [4.78, 5) is 22.7. The molecule has 1 heterocycles. The van der Waals surface area contributed by atoms with Crippen molar-refractivity contribution in [1.82, 2.24) is 0 Å². The van der Waals surface area contributed by atoms with Gasteiger partial charge in [0.05, 0.1) is 5.69 Å². The fourth-order valence-electron chi connectivity index (χ4n) is 1.54. The van der Waals surface area contributed by atoms with Gasteiger partial charge in [-0.05, 0) is 30.5 Å². The van der Waals surface area contributed by atoms with Crippen LogP contribution < -0.4 is 10.1 Å². The van der Waals surface area contributed by atoms with E-state index in [1.165, 1.54) is 0 Å². The average Bonchev–Trinajstić information content (AvgIpc) is 2.86. The Kier molecular flexibility index (Phi) is 4.37. The Balaban J connectivity index is 1.91. The number of aryl methyl sites for hydroxylation is 1. The molecule has 0 aliphatic rings. The first-order valence-electron chi connectivity index (χ1n) is 5.86. The van der Waals surface area contributed by atoms with E-state index >= 15 is 0 Å². The van der Waals surface area contributed by atoms with Crippen molar-refractivity contribution in [2.75, 3.05) is 11.9 Å². The van der Waals surface area contributed by atoms with E-state index in [4.69, 9.17) is 9.84 Å².